The van der Waals surface area contributed by atoms with Gasteiger partial charge in [0.25, 0.3) is 0 Å². The SMILES string of the molecule is N#Cc1c[nH]c2c(N)ccc(C(F)(F)F)c12. The summed E-state index contributed by atoms with van der Waals surface area (Å²) in [4.78, 5) is 2.57. The zero-order chi connectivity index (χ0) is 11.9. The number of anilines is 1. The third-order valence-electron chi connectivity index (χ3n) is 2.29. The highest BCUT2D eigenvalue weighted by atomic mass is 19.4. The van der Waals surface area contributed by atoms with Crippen molar-refractivity contribution in [2.24, 2.45) is 0 Å². The van der Waals surface area contributed by atoms with Crippen LogP contribution in [0.1, 0.15) is 11.1 Å². The van der Waals surface area contributed by atoms with Crippen LogP contribution in [-0.4, -0.2) is 4.98 Å². The lowest BCUT2D eigenvalue weighted by atomic mass is 10.1. The molecule has 0 radical (unpaired) electrons. The van der Waals surface area contributed by atoms with E-state index >= 15 is 0 Å². The number of benzene rings is 1. The molecule has 0 aliphatic carbocycles. The van der Waals surface area contributed by atoms with E-state index in [1.807, 2.05) is 0 Å². The molecule has 0 spiro atoms. The summed E-state index contributed by atoms with van der Waals surface area (Å²) in [5, 5.41) is 8.56. The number of nitrogens with zero attached hydrogens (tertiary/aromatic N) is 1. The number of nitrogens with two attached hydrogens (primary N) is 1. The van der Waals surface area contributed by atoms with Gasteiger partial charge in [0, 0.05) is 11.6 Å². The minimum atomic E-state index is -4.50. The number of aromatic amines is 1. The van der Waals surface area contributed by atoms with E-state index in [-0.39, 0.29) is 22.2 Å². The molecule has 3 N–H and O–H groups in total. The van der Waals surface area contributed by atoms with Gasteiger partial charge in [0.15, 0.2) is 0 Å². The maximum absolute atomic E-state index is 12.7. The fourth-order valence-electron chi connectivity index (χ4n) is 1.59. The molecule has 82 valence electrons. The summed E-state index contributed by atoms with van der Waals surface area (Å²) >= 11 is 0. The Labute approximate surface area is 88.3 Å². The van der Waals surface area contributed by atoms with Gasteiger partial charge in [-0.1, -0.05) is 0 Å². The maximum Gasteiger partial charge on any atom is 0.417 e. The fraction of sp³-hybridized carbons (Fsp3) is 0.100. The van der Waals surface area contributed by atoms with E-state index < -0.39 is 11.7 Å². The van der Waals surface area contributed by atoms with Gasteiger partial charge in [0.1, 0.15) is 6.07 Å². The number of nitriles is 1. The molecule has 1 aromatic carbocycles. The van der Waals surface area contributed by atoms with Crippen LogP contribution in [0.25, 0.3) is 10.9 Å². The first-order valence-electron chi connectivity index (χ1n) is 4.32. The first kappa shape index (κ1) is 10.4. The molecule has 0 aliphatic heterocycles. The van der Waals surface area contributed by atoms with Gasteiger partial charge in [-0.05, 0) is 12.1 Å². The van der Waals surface area contributed by atoms with E-state index in [4.69, 9.17) is 11.0 Å². The van der Waals surface area contributed by atoms with Crippen LogP contribution in [0.5, 0.6) is 0 Å². The standard InChI is InChI=1S/C10H6F3N3/c11-10(12,13)6-1-2-7(15)9-8(6)5(3-14)4-16-9/h1-2,4,16H,15H2. The van der Waals surface area contributed by atoms with Crippen LogP contribution in [0.2, 0.25) is 0 Å². The summed E-state index contributed by atoms with van der Waals surface area (Å²) in [5.74, 6) is 0. The van der Waals surface area contributed by atoms with E-state index in [1.54, 1.807) is 6.07 Å². The Hall–Kier alpha value is -2.16. The number of fused-ring (bicyclic) bond motifs is 1. The second kappa shape index (κ2) is 3.17. The topological polar surface area (TPSA) is 65.6 Å². The zero-order valence-corrected chi connectivity index (χ0v) is 7.89. The van der Waals surface area contributed by atoms with Gasteiger partial charge in [0.05, 0.1) is 22.3 Å². The Kier molecular flexibility index (Phi) is 2.05. The Morgan fingerprint density at radius 1 is 1.31 bits per heavy atom. The molecule has 3 nitrogen and oxygen atoms in total. The van der Waals surface area contributed by atoms with E-state index in [0.717, 1.165) is 6.07 Å². The third kappa shape index (κ3) is 1.37. The highest BCUT2D eigenvalue weighted by Crippen LogP contribution is 2.37. The number of nitrogens with one attached hydrogen (secondary N) is 1. The summed E-state index contributed by atoms with van der Waals surface area (Å²) in [7, 11) is 0. The number of aromatic nitrogens is 1. The predicted molar refractivity (Wildman–Crippen MR) is 52.4 cm³/mol. The highest BCUT2D eigenvalue weighted by molar-refractivity contribution is 5.96. The number of H-pyrrole nitrogens is 1. The maximum atomic E-state index is 12.7. The van der Waals surface area contributed by atoms with Crippen molar-refractivity contribution in [3.05, 3.63) is 29.5 Å². The summed E-state index contributed by atoms with van der Waals surface area (Å²) in [5.41, 5.74) is 4.95. The number of halogens is 3. The molecule has 2 rings (SSSR count). The van der Waals surface area contributed by atoms with Crippen molar-refractivity contribution in [2.75, 3.05) is 5.73 Å². The largest absolute Gasteiger partial charge is 0.417 e. The van der Waals surface area contributed by atoms with E-state index in [9.17, 15) is 13.2 Å². The minimum Gasteiger partial charge on any atom is -0.397 e. The van der Waals surface area contributed by atoms with Gasteiger partial charge in [0.2, 0.25) is 0 Å². The predicted octanol–water partition coefficient (Wildman–Crippen LogP) is 2.64. The first-order chi connectivity index (χ1) is 7.45. The number of hydrogen-bond donors (Lipinski definition) is 2. The molecular weight excluding hydrogens is 219 g/mol. The second-order valence-electron chi connectivity index (χ2n) is 3.26. The number of rotatable bonds is 0. The Balaban J connectivity index is 2.92. The molecule has 1 aromatic heterocycles. The van der Waals surface area contributed by atoms with Crippen molar-refractivity contribution < 1.29 is 13.2 Å². The summed E-state index contributed by atoms with van der Waals surface area (Å²) in [6.45, 7) is 0. The molecule has 0 fully saturated rings. The van der Waals surface area contributed by atoms with Crippen LogP contribution < -0.4 is 5.73 Å². The molecule has 0 bridgehead atoms. The van der Waals surface area contributed by atoms with Crippen molar-refractivity contribution in [2.45, 2.75) is 6.18 Å². The highest BCUT2D eigenvalue weighted by Gasteiger charge is 2.34. The zero-order valence-electron chi connectivity index (χ0n) is 7.89. The summed E-state index contributed by atoms with van der Waals surface area (Å²) in [6, 6.07) is 3.75. The Morgan fingerprint density at radius 2 is 2.00 bits per heavy atom. The molecule has 0 unspecified atom stereocenters. The van der Waals surface area contributed by atoms with Crippen molar-refractivity contribution in [3.63, 3.8) is 0 Å². The Morgan fingerprint density at radius 3 is 2.56 bits per heavy atom. The molecule has 0 amide bonds. The monoisotopic (exact) mass is 225 g/mol. The van der Waals surface area contributed by atoms with E-state index in [1.165, 1.54) is 12.3 Å². The van der Waals surface area contributed by atoms with Gasteiger partial charge in [-0.3, -0.25) is 0 Å². The summed E-state index contributed by atoms with van der Waals surface area (Å²) < 4.78 is 38.0. The number of hydrogen-bond acceptors (Lipinski definition) is 2. The van der Waals surface area contributed by atoms with Crippen molar-refractivity contribution >= 4 is 16.6 Å². The molecule has 16 heavy (non-hydrogen) atoms. The molecular formula is C10H6F3N3. The second-order valence-corrected chi connectivity index (χ2v) is 3.26. The van der Waals surface area contributed by atoms with Gasteiger partial charge in [-0.15, -0.1) is 0 Å². The lowest BCUT2D eigenvalue weighted by Crippen LogP contribution is -2.06. The van der Waals surface area contributed by atoms with Crippen LogP contribution in [0, 0.1) is 11.3 Å². The number of nitrogen functional groups attached to an aromatic ring is 1. The van der Waals surface area contributed by atoms with E-state index in [0.29, 0.717) is 0 Å². The van der Waals surface area contributed by atoms with Crippen LogP contribution >= 0.6 is 0 Å². The van der Waals surface area contributed by atoms with Gasteiger partial charge < -0.3 is 10.7 Å². The smallest absolute Gasteiger partial charge is 0.397 e. The fourth-order valence-corrected chi connectivity index (χ4v) is 1.59. The third-order valence-corrected chi connectivity index (χ3v) is 2.29. The molecule has 0 saturated heterocycles. The van der Waals surface area contributed by atoms with Crippen molar-refractivity contribution in [1.29, 1.82) is 5.26 Å². The van der Waals surface area contributed by atoms with Gasteiger partial charge >= 0.3 is 6.18 Å². The first-order valence-corrected chi connectivity index (χ1v) is 4.32. The molecule has 0 atom stereocenters. The molecule has 0 saturated carbocycles. The lowest BCUT2D eigenvalue weighted by Gasteiger charge is -2.09. The van der Waals surface area contributed by atoms with Crippen LogP contribution in [0.3, 0.4) is 0 Å². The molecule has 6 heteroatoms. The average Bonchev–Trinajstić information content (AvgIpc) is 2.60. The van der Waals surface area contributed by atoms with Crippen molar-refractivity contribution in [1.82, 2.24) is 4.98 Å². The van der Waals surface area contributed by atoms with Crippen LogP contribution in [-0.2, 0) is 6.18 Å². The van der Waals surface area contributed by atoms with Gasteiger partial charge in [-0.2, -0.15) is 18.4 Å². The molecule has 2 aromatic rings. The number of alkyl halides is 3. The Bertz CT molecular complexity index is 590. The molecule has 0 aliphatic rings. The average molecular weight is 225 g/mol. The van der Waals surface area contributed by atoms with Crippen LogP contribution in [0.15, 0.2) is 18.3 Å². The van der Waals surface area contributed by atoms with Crippen molar-refractivity contribution in [3.8, 4) is 6.07 Å². The molecule has 1 heterocycles. The van der Waals surface area contributed by atoms with E-state index in [2.05, 4.69) is 4.98 Å². The normalized spacial score (nSPS) is 11.6. The lowest BCUT2D eigenvalue weighted by molar-refractivity contribution is -0.136. The van der Waals surface area contributed by atoms with Crippen LogP contribution in [0.4, 0.5) is 18.9 Å². The summed E-state index contributed by atoms with van der Waals surface area (Å²) in [6.07, 6.45) is -3.28. The quantitative estimate of drug-likeness (QED) is 0.677. The minimum absolute atomic E-state index is 0.0605. The van der Waals surface area contributed by atoms with Gasteiger partial charge in [-0.25, -0.2) is 0 Å².